The van der Waals surface area contributed by atoms with Crippen LogP contribution in [0.15, 0.2) is 60.7 Å². The molecular weight excluding hydrogens is 364 g/mol. The Hall–Kier alpha value is -1.66. The van der Waals surface area contributed by atoms with Crippen LogP contribution in [0.25, 0.3) is 0 Å². The van der Waals surface area contributed by atoms with Crippen LogP contribution in [0.4, 0.5) is 11.4 Å². The van der Waals surface area contributed by atoms with E-state index in [4.69, 9.17) is 0 Å². The SMILES string of the molecule is CC(C)(C)[S@](=O)Nc1ccccc1.CC(C)(C)[S@](=O)Nc1ccccc1. The number of para-hydroxylation sites is 2. The molecule has 0 spiro atoms. The van der Waals surface area contributed by atoms with E-state index < -0.39 is 22.0 Å². The Morgan fingerprint density at radius 2 is 0.846 bits per heavy atom. The van der Waals surface area contributed by atoms with Crippen molar-refractivity contribution < 1.29 is 8.42 Å². The maximum atomic E-state index is 11.6. The summed E-state index contributed by atoms with van der Waals surface area (Å²) in [5.74, 6) is 0. The third-order valence-electron chi connectivity index (χ3n) is 3.08. The smallest absolute Gasteiger partial charge is 0.122 e. The monoisotopic (exact) mass is 394 g/mol. The lowest BCUT2D eigenvalue weighted by atomic mass is 10.3. The molecule has 0 aliphatic rings. The third-order valence-corrected chi connectivity index (χ3v) is 6.15. The first-order valence-corrected chi connectivity index (χ1v) is 10.8. The van der Waals surface area contributed by atoms with Crippen molar-refractivity contribution in [2.75, 3.05) is 9.44 Å². The Morgan fingerprint density at radius 3 is 1.08 bits per heavy atom. The highest BCUT2D eigenvalue weighted by atomic mass is 32.2. The lowest BCUT2D eigenvalue weighted by Gasteiger charge is -2.18. The van der Waals surface area contributed by atoms with Crippen LogP contribution in [0.5, 0.6) is 0 Å². The molecule has 2 rings (SSSR count). The van der Waals surface area contributed by atoms with E-state index in [1.54, 1.807) is 0 Å². The number of hydrogen-bond donors (Lipinski definition) is 2. The highest BCUT2D eigenvalue weighted by Gasteiger charge is 2.19. The van der Waals surface area contributed by atoms with E-state index in [0.29, 0.717) is 0 Å². The minimum absolute atomic E-state index is 0.226. The summed E-state index contributed by atoms with van der Waals surface area (Å²) in [5.41, 5.74) is 1.80. The fraction of sp³-hybridized carbons (Fsp3) is 0.400. The molecule has 0 bridgehead atoms. The minimum Gasteiger partial charge on any atom is -0.305 e. The van der Waals surface area contributed by atoms with Crippen LogP contribution in [0.2, 0.25) is 0 Å². The third kappa shape index (κ3) is 8.63. The van der Waals surface area contributed by atoms with E-state index in [-0.39, 0.29) is 9.49 Å². The van der Waals surface area contributed by atoms with Gasteiger partial charge in [-0.1, -0.05) is 36.4 Å². The van der Waals surface area contributed by atoms with Crippen molar-refractivity contribution in [3.8, 4) is 0 Å². The number of anilines is 2. The quantitative estimate of drug-likeness (QED) is 0.756. The second-order valence-electron chi connectivity index (χ2n) is 7.70. The zero-order valence-electron chi connectivity index (χ0n) is 16.4. The number of nitrogens with one attached hydrogen (secondary N) is 2. The second-order valence-corrected chi connectivity index (χ2v) is 11.6. The molecular formula is C20H30N2O2S2. The van der Waals surface area contributed by atoms with Crippen molar-refractivity contribution in [2.24, 2.45) is 0 Å². The molecule has 0 saturated heterocycles. The summed E-state index contributed by atoms with van der Waals surface area (Å²) in [5, 5.41) is 0. The van der Waals surface area contributed by atoms with Gasteiger partial charge in [-0.3, -0.25) is 0 Å². The molecule has 0 amide bonds. The number of benzene rings is 2. The minimum atomic E-state index is -1.04. The fourth-order valence-electron chi connectivity index (χ4n) is 1.53. The van der Waals surface area contributed by atoms with Gasteiger partial charge < -0.3 is 9.44 Å². The van der Waals surface area contributed by atoms with Gasteiger partial charge in [-0.25, -0.2) is 8.42 Å². The van der Waals surface area contributed by atoms with Crippen molar-refractivity contribution in [2.45, 2.75) is 51.0 Å². The van der Waals surface area contributed by atoms with Gasteiger partial charge in [0.2, 0.25) is 0 Å². The first kappa shape index (κ1) is 22.4. The average molecular weight is 395 g/mol. The van der Waals surface area contributed by atoms with Gasteiger partial charge in [0.25, 0.3) is 0 Å². The van der Waals surface area contributed by atoms with Gasteiger partial charge in [0.15, 0.2) is 0 Å². The summed E-state index contributed by atoms with van der Waals surface area (Å²) in [7, 11) is -2.08. The maximum Gasteiger partial charge on any atom is 0.122 e. The van der Waals surface area contributed by atoms with Crippen molar-refractivity contribution in [3.05, 3.63) is 60.7 Å². The standard InChI is InChI=1S/2C10H15NOS/c2*1-10(2,3)13(12)11-9-7-5-4-6-8-9/h2*4-8,11H,1-3H3/t2*13-/m00/s1. The highest BCUT2D eigenvalue weighted by Crippen LogP contribution is 2.16. The lowest BCUT2D eigenvalue weighted by molar-refractivity contribution is 0.653. The molecule has 0 aliphatic carbocycles. The first-order valence-electron chi connectivity index (χ1n) is 8.47. The number of hydrogen-bond acceptors (Lipinski definition) is 2. The van der Waals surface area contributed by atoms with Crippen LogP contribution in [-0.4, -0.2) is 17.9 Å². The summed E-state index contributed by atoms with van der Waals surface area (Å²) in [6, 6.07) is 19.2. The molecule has 2 atom stereocenters. The van der Waals surface area contributed by atoms with Gasteiger partial charge in [0, 0.05) is 11.4 Å². The predicted molar refractivity (Wildman–Crippen MR) is 116 cm³/mol. The Balaban J connectivity index is 0.000000260. The van der Waals surface area contributed by atoms with Gasteiger partial charge in [-0.15, -0.1) is 0 Å². The van der Waals surface area contributed by atoms with Crippen molar-refractivity contribution >= 4 is 33.3 Å². The maximum absolute atomic E-state index is 11.6. The van der Waals surface area contributed by atoms with Crippen molar-refractivity contribution in [1.82, 2.24) is 0 Å². The van der Waals surface area contributed by atoms with Crippen LogP contribution >= 0.6 is 0 Å². The first-order chi connectivity index (χ1) is 12.0. The Bertz CT molecular complexity index is 643. The summed E-state index contributed by atoms with van der Waals surface area (Å²) in [6.07, 6.45) is 0. The normalized spacial score (nSPS) is 13.8. The van der Waals surface area contributed by atoms with E-state index >= 15 is 0 Å². The molecule has 0 saturated carbocycles. The zero-order valence-corrected chi connectivity index (χ0v) is 18.0. The molecule has 2 aromatic rings. The van der Waals surface area contributed by atoms with Crippen LogP contribution in [0, 0.1) is 0 Å². The zero-order chi connectivity index (χ0) is 19.8. The van der Waals surface area contributed by atoms with Gasteiger partial charge >= 0.3 is 0 Å². The van der Waals surface area contributed by atoms with Crippen LogP contribution in [0.3, 0.4) is 0 Å². The predicted octanol–water partition coefficient (Wildman–Crippen LogP) is 5.12. The molecule has 0 aliphatic heterocycles. The molecule has 0 radical (unpaired) electrons. The summed E-state index contributed by atoms with van der Waals surface area (Å²) in [6.45, 7) is 11.7. The molecule has 6 heteroatoms. The van der Waals surface area contributed by atoms with Gasteiger partial charge in [0.05, 0.1) is 9.49 Å². The molecule has 0 fully saturated rings. The molecule has 0 heterocycles. The average Bonchev–Trinajstić information content (AvgIpc) is 2.55. The van der Waals surface area contributed by atoms with Gasteiger partial charge in [0.1, 0.15) is 22.0 Å². The van der Waals surface area contributed by atoms with Crippen LogP contribution in [0.1, 0.15) is 41.5 Å². The van der Waals surface area contributed by atoms with Crippen molar-refractivity contribution in [3.63, 3.8) is 0 Å². The largest absolute Gasteiger partial charge is 0.305 e. The molecule has 4 nitrogen and oxygen atoms in total. The lowest BCUT2D eigenvalue weighted by Crippen LogP contribution is -2.27. The van der Waals surface area contributed by atoms with Crippen LogP contribution < -0.4 is 9.44 Å². The summed E-state index contributed by atoms with van der Waals surface area (Å²) < 4.78 is 28.7. The topological polar surface area (TPSA) is 58.2 Å². The second kappa shape index (κ2) is 9.88. The Labute approximate surface area is 163 Å². The van der Waals surface area contributed by atoms with Gasteiger partial charge in [-0.2, -0.15) is 0 Å². The van der Waals surface area contributed by atoms with E-state index in [2.05, 4.69) is 9.44 Å². The highest BCUT2D eigenvalue weighted by molar-refractivity contribution is 7.88. The Kier molecular flexibility index (Phi) is 8.50. The Morgan fingerprint density at radius 1 is 0.577 bits per heavy atom. The molecule has 0 unspecified atom stereocenters. The summed E-state index contributed by atoms with van der Waals surface area (Å²) in [4.78, 5) is 0. The molecule has 26 heavy (non-hydrogen) atoms. The molecule has 2 aromatic carbocycles. The fourth-order valence-corrected chi connectivity index (χ4v) is 2.85. The van der Waals surface area contributed by atoms with E-state index in [9.17, 15) is 8.42 Å². The van der Waals surface area contributed by atoms with E-state index in [0.717, 1.165) is 11.4 Å². The van der Waals surface area contributed by atoms with E-state index in [1.807, 2.05) is 102 Å². The summed E-state index contributed by atoms with van der Waals surface area (Å²) >= 11 is 0. The van der Waals surface area contributed by atoms with Gasteiger partial charge in [-0.05, 0) is 65.8 Å². The molecule has 144 valence electrons. The van der Waals surface area contributed by atoms with Crippen LogP contribution in [-0.2, 0) is 22.0 Å². The number of rotatable bonds is 4. The molecule has 0 aromatic heterocycles. The molecule has 2 N–H and O–H groups in total. The van der Waals surface area contributed by atoms with E-state index in [1.165, 1.54) is 0 Å². The van der Waals surface area contributed by atoms with Crippen molar-refractivity contribution in [1.29, 1.82) is 0 Å².